The predicted molar refractivity (Wildman–Crippen MR) is 60.7 cm³/mol. The number of nitrogens with one attached hydrogen (secondary N) is 1. The van der Waals surface area contributed by atoms with Gasteiger partial charge in [-0.15, -0.1) is 0 Å². The number of amides is 2. The summed E-state index contributed by atoms with van der Waals surface area (Å²) in [5.74, 6) is 0.524. The van der Waals surface area contributed by atoms with Crippen LogP contribution in [0.3, 0.4) is 0 Å². The lowest BCUT2D eigenvalue weighted by molar-refractivity contribution is -0.147. The van der Waals surface area contributed by atoms with Crippen LogP contribution in [0.15, 0.2) is 0 Å². The lowest BCUT2D eigenvalue weighted by atomic mass is 10.0. The molecule has 1 N–H and O–H groups in total. The first-order valence-corrected chi connectivity index (χ1v) is 6.23. The lowest BCUT2D eigenvalue weighted by Crippen LogP contribution is -2.60. The van der Waals surface area contributed by atoms with E-state index in [1.807, 2.05) is 6.92 Å². The van der Waals surface area contributed by atoms with Crippen molar-refractivity contribution in [3.05, 3.63) is 0 Å². The van der Waals surface area contributed by atoms with E-state index in [0.717, 1.165) is 25.7 Å². The average Bonchev–Trinajstić information content (AvgIpc) is 3.05. The van der Waals surface area contributed by atoms with Gasteiger partial charge in [-0.2, -0.15) is 0 Å². The van der Waals surface area contributed by atoms with Crippen molar-refractivity contribution in [2.24, 2.45) is 5.92 Å². The molecule has 0 radical (unpaired) electrons. The fourth-order valence-corrected chi connectivity index (χ4v) is 2.39. The van der Waals surface area contributed by atoms with Crippen LogP contribution in [0.25, 0.3) is 0 Å². The molecule has 2 rings (SSSR count). The Bertz CT molecular complexity index is 299. The van der Waals surface area contributed by atoms with E-state index in [0.29, 0.717) is 5.92 Å². The molecule has 2 fully saturated rings. The van der Waals surface area contributed by atoms with Crippen LogP contribution < -0.4 is 5.32 Å². The standard InChI is InChI=1S/C12H20N2O2/c1-3-4-8(2)14-7-10(15)13-11(12(14)16)9-5-6-9/h8-9,11H,3-7H2,1-2H3,(H,13,15). The SMILES string of the molecule is CCCC(C)N1CC(=O)NC(C2CC2)C1=O. The third-order valence-electron chi connectivity index (χ3n) is 3.51. The average molecular weight is 224 g/mol. The molecule has 2 atom stereocenters. The number of hydrogen-bond donors (Lipinski definition) is 1. The summed E-state index contributed by atoms with van der Waals surface area (Å²) < 4.78 is 0. The highest BCUT2D eigenvalue weighted by Gasteiger charge is 2.43. The first-order valence-electron chi connectivity index (χ1n) is 6.23. The normalized spacial score (nSPS) is 27.9. The maximum absolute atomic E-state index is 12.2. The Hall–Kier alpha value is -1.06. The molecule has 2 unspecified atom stereocenters. The predicted octanol–water partition coefficient (Wildman–Crippen LogP) is 0.912. The molecule has 2 amide bonds. The Morgan fingerprint density at radius 1 is 1.44 bits per heavy atom. The van der Waals surface area contributed by atoms with Gasteiger partial charge in [0.25, 0.3) is 0 Å². The molecule has 2 aliphatic rings. The van der Waals surface area contributed by atoms with E-state index in [1.165, 1.54) is 0 Å². The summed E-state index contributed by atoms with van der Waals surface area (Å²) in [6, 6.07) is -0.0506. The molecule has 4 nitrogen and oxygen atoms in total. The largest absolute Gasteiger partial charge is 0.342 e. The number of hydrogen-bond acceptors (Lipinski definition) is 2. The van der Waals surface area contributed by atoms with Crippen molar-refractivity contribution in [1.29, 1.82) is 0 Å². The highest BCUT2D eigenvalue weighted by molar-refractivity contribution is 5.95. The van der Waals surface area contributed by atoms with Gasteiger partial charge in [0, 0.05) is 6.04 Å². The molecule has 0 bridgehead atoms. The van der Waals surface area contributed by atoms with Crippen LogP contribution in [0.1, 0.15) is 39.5 Å². The van der Waals surface area contributed by atoms with Crippen molar-refractivity contribution in [3.8, 4) is 0 Å². The summed E-state index contributed by atoms with van der Waals surface area (Å²) in [4.78, 5) is 25.5. The first-order chi connectivity index (χ1) is 7.63. The topological polar surface area (TPSA) is 49.4 Å². The van der Waals surface area contributed by atoms with E-state index in [4.69, 9.17) is 0 Å². The first kappa shape index (κ1) is 11.4. The summed E-state index contributed by atoms with van der Waals surface area (Å²) in [7, 11) is 0. The summed E-state index contributed by atoms with van der Waals surface area (Å²) in [6.45, 7) is 4.37. The van der Waals surface area contributed by atoms with Crippen molar-refractivity contribution >= 4 is 11.8 Å². The monoisotopic (exact) mass is 224 g/mol. The quantitative estimate of drug-likeness (QED) is 0.771. The molecular weight excluding hydrogens is 204 g/mol. The molecule has 0 aromatic rings. The minimum absolute atomic E-state index is 0.000506. The van der Waals surface area contributed by atoms with Gasteiger partial charge < -0.3 is 10.2 Å². The highest BCUT2D eigenvalue weighted by Crippen LogP contribution is 2.34. The van der Waals surface area contributed by atoms with Crippen molar-refractivity contribution < 1.29 is 9.59 Å². The third kappa shape index (κ3) is 2.20. The van der Waals surface area contributed by atoms with Gasteiger partial charge >= 0.3 is 0 Å². The molecule has 1 aliphatic carbocycles. The number of piperazine rings is 1. The maximum atomic E-state index is 12.2. The van der Waals surface area contributed by atoms with E-state index in [1.54, 1.807) is 4.90 Å². The Balaban J connectivity index is 2.05. The zero-order chi connectivity index (χ0) is 11.7. The number of nitrogens with zero attached hydrogens (tertiary/aromatic N) is 1. The molecule has 1 saturated heterocycles. The van der Waals surface area contributed by atoms with Crippen LogP contribution in [0.2, 0.25) is 0 Å². The van der Waals surface area contributed by atoms with Crippen molar-refractivity contribution in [2.45, 2.75) is 51.6 Å². The van der Waals surface area contributed by atoms with E-state index < -0.39 is 0 Å². The Labute approximate surface area is 96.4 Å². The summed E-state index contributed by atoms with van der Waals surface area (Å²) in [5.41, 5.74) is 0. The van der Waals surface area contributed by atoms with Gasteiger partial charge in [0.15, 0.2) is 0 Å². The Morgan fingerprint density at radius 3 is 2.69 bits per heavy atom. The summed E-state index contributed by atoms with van der Waals surface area (Å²) in [5, 5.41) is 2.82. The highest BCUT2D eigenvalue weighted by atomic mass is 16.2. The van der Waals surface area contributed by atoms with Crippen molar-refractivity contribution in [1.82, 2.24) is 10.2 Å². The molecule has 4 heteroatoms. The molecule has 0 spiro atoms. The minimum Gasteiger partial charge on any atom is -0.342 e. The van der Waals surface area contributed by atoms with Gasteiger partial charge in [0.1, 0.15) is 6.04 Å². The zero-order valence-corrected chi connectivity index (χ0v) is 10.0. The van der Waals surface area contributed by atoms with E-state index >= 15 is 0 Å². The molecule has 1 heterocycles. The van der Waals surface area contributed by atoms with Gasteiger partial charge in [-0.25, -0.2) is 0 Å². The molecule has 0 aromatic heterocycles. The minimum atomic E-state index is -0.236. The van der Waals surface area contributed by atoms with Crippen LogP contribution in [-0.4, -0.2) is 35.3 Å². The van der Waals surface area contributed by atoms with E-state index in [9.17, 15) is 9.59 Å². The third-order valence-corrected chi connectivity index (χ3v) is 3.51. The maximum Gasteiger partial charge on any atom is 0.246 e. The summed E-state index contributed by atoms with van der Waals surface area (Å²) in [6.07, 6.45) is 4.16. The fraction of sp³-hybridized carbons (Fsp3) is 0.833. The molecule has 1 saturated carbocycles. The van der Waals surface area contributed by atoms with Crippen LogP contribution >= 0.6 is 0 Å². The second kappa shape index (κ2) is 4.44. The number of carbonyl (C=O) groups excluding carboxylic acids is 2. The van der Waals surface area contributed by atoms with Gasteiger partial charge in [0.2, 0.25) is 11.8 Å². The van der Waals surface area contributed by atoms with Crippen LogP contribution in [-0.2, 0) is 9.59 Å². The van der Waals surface area contributed by atoms with E-state index in [-0.39, 0.29) is 30.4 Å². The van der Waals surface area contributed by atoms with Gasteiger partial charge in [-0.1, -0.05) is 13.3 Å². The Morgan fingerprint density at radius 2 is 2.12 bits per heavy atom. The Kier molecular flexibility index (Phi) is 3.17. The second-order valence-corrected chi connectivity index (χ2v) is 4.99. The number of rotatable bonds is 4. The van der Waals surface area contributed by atoms with E-state index in [2.05, 4.69) is 12.2 Å². The van der Waals surface area contributed by atoms with Gasteiger partial charge in [-0.05, 0) is 32.1 Å². The van der Waals surface area contributed by atoms with Crippen molar-refractivity contribution in [2.75, 3.05) is 6.54 Å². The van der Waals surface area contributed by atoms with Crippen LogP contribution in [0.4, 0.5) is 0 Å². The van der Waals surface area contributed by atoms with Crippen molar-refractivity contribution in [3.63, 3.8) is 0 Å². The van der Waals surface area contributed by atoms with Crippen LogP contribution in [0, 0.1) is 5.92 Å². The summed E-state index contributed by atoms with van der Waals surface area (Å²) >= 11 is 0. The molecule has 1 aliphatic heterocycles. The molecular formula is C12H20N2O2. The van der Waals surface area contributed by atoms with Gasteiger partial charge in [-0.3, -0.25) is 9.59 Å². The second-order valence-electron chi connectivity index (χ2n) is 4.99. The molecule has 90 valence electrons. The molecule has 16 heavy (non-hydrogen) atoms. The fourth-order valence-electron chi connectivity index (χ4n) is 2.39. The zero-order valence-electron chi connectivity index (χ0n) is 10.0. The molecule has 0 aromatic carbocycles. The van der Waals surface area contributed by atoms with Crippen LogP contribution in [0.5, 0.6) is 0 Å². The number of carbonyl (C=O) groups is 2. The smallest absolute Gasteiger partial charge is 0.246 e. The lowest BCUT2D eigenvalue weighted by Gasteiger charge is -2.36. The van der Waals surface area contributed by atoms with Gasteiger partial charge in [0.05, 0.1) is 6.54 Å².